The Balaban J connectivity index is 1.82. The molecule has 0 radical (unpaired) electrons. The van der Waals surface area contributed by atoms with E-state index in [4.69, 9.17) is 9.26 Å². The standard InChI is InChI=1S/C19H18N2O3/c1-13-17(19(22)20-12-14-6-4-3-5-7-14)18(24-21-13)15-8-10-16(23-2)11-9-15/h3-11H,12H2,1-2H3,(H,20,22). The van der Waals surface area contributed by atoms with Crippen LogP contribution < -0.4 is 10.1 Å². The average Bonchev–Trinajstić information content (AvgIpc) is 3.02. The van der Waals surface area contributed by atoms with E-state index in [1.54, 1.807) is 14.0 Å². The van der Waals surface area contributed by atoms with Crippen LogP contribution in [0, 0.1) is 6.92 Å². The van der Waals surface area contributed by atoms with Gasteiger partial charge in [0, 0.05) is 12.1 Å². The first-order chi connectivity index (χ1) is 11.7. The van der Waals surface area contributed by atoms with E-state index in [9.17, 15) is 4.79 Å². The molecule has 2 aromatic carbocycles. The Morgan fingerprint density at radius 3 is 2.50 bits per heavy atom. The van der Waals surface area contributed by atoms with Gasteiger partial charge in [0.25, 0.3) is 5.91 Å². The number of aryl methyl sites for hydroxylation is 1. The van der Waals surface area contributed by atoms with Gasteiger partial charge < -0.3 is 14.6 Å². The molecule has 1 N–H and O–H groups in total. The molecule has 1 amide bonds. The molecule has 0 aliphatic heterocycles. The maximum atomic E-state index is 12.6. The van der Waals surface area contributed by atoms with E-state index in [1.165, 1.54) is 0 Å². The van der Waals surface area contributed by atoms with Crippen molar-refractivity contribution in [3.63, 3.8) is 0 Å². The van der Waals surface area contributed by atoms with Crippen molar-refractivity contribution >= 4 is 5.91 Å². The molecule has 5 heteroatoms. The Morgan fingerprint density at radius 1 is 1.12 bits per heavy atom. The lowest BCUT2D eigenvalue weighted by Crippen LogP contribution is -2.23. The minimum Gasteiger partial charge on any atom is -0.497 e. The minimum absolute atomic E-state index is 0.205. The van der Waals surface area contributed by atoms with Crippen LogP contribution in [0.4, 0.5) is 0 Å². The fraction of sp³-hybridized carbons (Fsp3) is 0.158. The SMILES string of the molecule is COc1ccc(-c2onc(C)c2C(=O)NCc2ccccc2)cc1. The molecule has 0 fully saturated rings. The smallest absolute Gasteiger partial charge is 0.257 e. The molecule has 0 spiro atoms. The number of hydrogen-bond acceptors (Lipinski definition) is 4. The fourth-order valence-corrected chi connectivity index (χ4v) is 2.44. The van der Waals surface area contributed by atoms with Crippen LogP contribution in [-0.2, 0) is 6.54 Å². The highest BCUT2D eigenvalue weighted by atomic mass is 16.5. The van der Waals surface area contributed by atoms with Gasteiger partial charge >= 0.3 is 0 Å². The summed E-state index contributed by atoms with van der Waals surface area (Å²) in [4.78, 5) is 12.6. The van der Waals surface area contributed by atoms with Gasteiger partial charge in [-0.1, -0.05) is 35.5 Å². The third-order valence-corrected chi connectivity index (χ3v) is 3.74. The zero-order valence-electron chi connectivity index (χ0n) is 13.6. The van der Waals surface area contributed by atoms with Crippen molar-refractivity contribution < 1.29 is 14.1 Å². The molecule has 1 heterocycles. The van der Waals surface area contributed by atoms with Gasteiger partial charge in [-0.3, -0.25) is 4.79 Å². The average molecular weight is 322 g/mol. The number of amides is 1. The molecule has 5 nitrogen and oxygen atoms in total. The van der Waals surface area contributed by atoms with Crippen molar-refractivity contribution in [2.45, 2.75) is 13.5 Å². The molecule has 1 aromatic heterocycles. The predicted molar refractivity (Wildman–Crippen MR) is 90.8 cm³/mol. The molecule has 122 valence electrons. The van der Waals surface area contributed by atoms with Crippen molar-refractivity contribution in [1.82, 2.24) is 10.5 Å². The monoisotopic (exact) mass is 322 g/mol. The number of carbonyl (C=O) groups excluding carboxylic acids is 1. The van der Waals surface area contributed by atoms with Gasteiger partial charge in [0.15, 0.2) is 5.76 Å². The van der Waals surface area contributed by atoms with E-state index < -0.39 is 0 Å². The Hall–Kier alpha value is -3.08. The number of ether oxygens (including phenoxy) is 1. The van der Waals surface area contributed by atoms with Gasteiger partial charge in [0.05, 0.1) is 12.8 Å². The molecule has 0 atom stereocenters. The topological polar surface area (TPSA) is 64.4 Å². The van der Waals surface area contributed by atoms with E-state index in [1.807, 2.05) is 54.6 Å². The Morgan fingerprint density at radius 2 is 1.83 bits per heavy atom. The van der Waals surface area contributed by atoms with Gasteiger partial charge in [-0.2, -0.15) is 0 Å². The summed E-state index contributed by atoms with van der Waals surface area (Å²) in [5.41, 5.74) is 2.83. The van der Waals surface area contributed by atoms with Crippen LogP contribution in [0.3, 0.4) is 0 Å². The zero-order chi connectivity index (χ0) is 16.9. The number of methoxy groups -OCH3 is 1. The number of aromatic nitrogens is 1. The molecule has 0 saturated carbocycles. The van der Waals surface area contributed by atoms with Gasteiger partial charge in [-0.25, -0.2) is 0 Å². The Labute approximate surface area is 140 Å². The van der Waals surface area contributed by atoms with Crippen molar-refractivity contribution in [3.8, 4) is 17.1 Å². The van der Waals surface area contributed by atoms with E-state index in [0.717, 1.165) is 16.9 Å². The number of hydrogen-bond donors (Lipinski definition) is 1. The predicted octanol–water partition coefficient (Wildman–Crippen LogP) is 3.59. The van der Waals surface area contributed by atoms with E-state index in [0.29, 0.717) is 23.6 Å². The molecule has 0 bridgehead atoms. The molecule has 0 aliphatic rings. The van der Waals surface area contributed by atoms with Gasteiger partial charge in [-0.05, 0) is 36.8 Å². The Bertz CT molecular complexity index is 824. The maximum absolute atomic E-state index is 12.6. The summed E-state index contributed by atoms with van der Waals surface area (Å²) < 4.78 is 10.5. The molecule has 24 heavy (non-hydrogen) atoms. The summed E-state index contributed by atoms with van der Waals surface area (Å²) in [5, 5.41) is 6.86. The quantitative estimate of drug-likeness (QED) is 0.779. The second kappa shape index (κ2) is 7.00. The highest BCUT2D eigenvalue weighted by Gasteiger charge is 2.21. The highest BCUT2D eigenvalue weighted by Crippen LogP contribution is 2.27. The van der Waals surface area contributed by atoms with Crippen molar-refractivity contribution in [2.24, 2.45) is 0 Å². The van der Waals surface area contributed by atoms with Crippen molar-refractivity contribution in [1.29, 1.82) is 0 Å². The number of rotatable bonds is 5. The van der Waals surface area contributed by atoms with Crippen LogP contribution in [0.15, 0.2) is 59.1 Å². The summed E-state index contributed by atoms with van der Waals surface area (Å²) in [6.07, 6.45) is 0. The first kappa shape index (κ1) is 15.8. The molecule has 0 saturated heterocycles. The van der Waals surface area contributed by atoms with E-state index >= 15 is 0 Å². The minimum atomic E-state index is -0.205. The third kappa shape index (κ3) is 3.30. The highest BCUT2D eigenvalue weighted by molar-refractivity contribution is 6.00. The van der Waals surface area contributed by atoms with Crippen LogP contribution in [0.2, 0.25) is 0 Å². The largest absolute Gasteiger partial charge is 0.497 e. The summed E-state index contributed by atoms with van der Waals surface area (Å²) in [6.45, 7) is 2.21. The van der Waals surface area contributed by atoms with Crippen LogP contribution in [0.5, 0.6) is 5.75 Å². The van der Waals surface area contributed by atoms with Crippen LogP contribution in [-0.4, -0.2) is 18.2 Å². The molecule has 0 aliphatic carbocycles. The summed E-state index contributed by atoms with van der Waals surface area (Å²) >= 11 is 0. The lowest BCUT2D eigenvalue weighted by Gasteiger charge is -2.06. The Kier molecular flexibility index (Phi) is 4.61. The summed E-state index contributed by atoms with van der Waals surface area (Å²) in [7, 11) is 1.61. The summed E-state index contributed by atoms with van der Waals surface area (Å²) in [5.74, 6) is 0.995. The second-order valence-corrected chi connectivity index (χ2v) is 5.37. The van der Waals surface area contributed by atoms with Gasteiger partial charge in [-0.15, -0.1) is 0 Å². The molecule has 3 rings (SSSR count). The number of nitrogens with zero attached hydrogens (tertiary/aromatic N) is 1. The lowest BCUT2D eigenvalue weighted by molar-refractivity contribution is 0.0950. The first-order valence-corrected chi connectivity index (χ1v) is 7.62. The second-order valence-electron chi connectivity index (χ2n) is 5.37. The third-order valence-electron chi connectivity index (χ3n) is 3.74. The maximum Gasteiger partial charge on any atom is 0.257 e. The van der Waals surface area contributed by atoms with E-state index in [2.05, 4.69) is 10.5 Å². The van der Waals surface area contributed by atoms with Crippen LogP contribution in [0.1, 0.15) is 21.6 Å². The zero-order valence-corrected chi connectivity index (χ0v) is 13.6. The van der Waals surface area contributed by atoms with Crippen LogP contribution in [0.25, 0.3) is 11.3 Å². The molecular formula is C19H18N2O3. The van der Waals surface area contributed by atoms with Crippen LogP contribution >= 0.6 is 0 Å². The molecular weight excluding hydrogens is 304 g/mol. The normalized spacial score (nSPS) is 10.4. The van der Waals surface area contributed by atoms with E-state index in [-0.39, 0.29) is 5.91 Å². The summed E-state index contributed by atoms with van der Waals surface area (Å²) in [6, 6.07) is 17.1. The fourth-order valence-electron chi connectivity index (χ4n) is 2.44. The van der Waals surface area contributed by atoms with Crippen molar-refractivity contribution in [3.05, 3.63) is 71.4 Å². The number of benzene rings is 2. The molecule has 0 unspecified atom stereocenters. The van der Waals surface area contributed by atoms with Gasteiger partial charge in [0.2, 0.25) is 0 Å². The number of nitrogens with one attached hydrogen (secondary N) is 1. The van der Waals surface area contributed by atoms with Crippen molar-refractivity contribution in [2.75, 3.05) is 7.11 Å². The van der Waals surface area contributed by atoms with Gasteiger partial charge in [0.1, 0.15) is 11.3 Å². The first-order valence-electron chi connectivity index (χ1n) is 7.62. The molecule has 3 aromatic rings. The lowest BCUT2D eigenvalue weighted by atomic mass is 10.1. The number of carbonyl (C=O) groups is 1.